The molecule has 1 aromatic rings. The van der Waals surface area contributed by atoms with Crippen LogP contribution in [0.25, 0.3) is 6.08 Å². The zero-order valence-corrected chi connectivity index (χ0v) is 11.4. The first-order chi connectivity index (χ1) is 9.08. The molecule has 19 heavy (non-hydrogen) atoms. The Bertz CT molecular complexity index is 502. The maximum atomic E-state index is 12.2. The second-order valence-corrected chi connectivity index (χ2v) is 5.29. The van der Waals surface area contributed by atoms with Gasteiger partial charge in [-0.15, -0.1) is 11.3 Å². The maximum Gasteiger partial charge on any atom is 0.328 e. The molecule has 0 aromatic carbocycles. The minimum Gasteiger partial charge on any atom is -0.478 e. The smallest absolute Gasteiger partial charge is 0.328 e. The van der Waals surface area contributed by atoms with Gasteiger partial charge < -0.3 is 14.7 Å². The highest BCUT2D eigenvalue weighted by atomic mass is 32.1. The number of rotatable bonds is 4. The van der Waals surface area contributed by atoms with Crippen molar-refractivity contribution in [1.82, 2.24) is 4.90 Å². The third kappa shape index (κ3) is 3.42. The van der Waals surface area contributed by atoms with Crippen molar-refractivity contribution in [2.75, 3.05) is 20.3 Å². The van der Waals surface area contributed by atoms with Crippen molar-refractivity contribution in [1.29, 1.82) is 0 Å². The molecule has 1 aromatic heterocycles. The number of hydrogen-bond donors (Lipinski definition) is 1. The second kappa shape index (κ2) is 5.99. The highest BCUT2D eigenvalue weighted by Crippen LogP contribution is 2.20. The lowest BCUT2D eigenvalue weighted by molar-refractivity contribution is -0.131. The monoisotopic (exact) mass is 281 g/mol. The Morgan fingerprint density at radius 1 is 1.58 bits per heavy atom. The van der Waals surface area contributed by atoms with Gasteiger partial charge in [-0.1, -0.05) is 0 Å². The van der Waals surface area contributed by atoms with E-state index in [1.807, 2.05) is 0 Å². The topological polar surface area (TPSA) is 66.8 Å². The molecule has 1 fully saturated rings. The average molecular weight is 281 g/mol. The Labute approximate surface area is 115 Å². The Morgan fingerprint density at radius 2 is 2.37 bits per heavy atom. The van der Waals surface area contributed by atoms with Crippen LogP contribution in [0, 0.1) is 0 Å². The van der Waals surface area contributed by atoms with Gasteiger partial charge in [-0.2, -0.15) is 0 Å². The van der Waals surface area contributed by atoms with Gasteiger partial charge in [0.25, 0.3) is 5.91 Å². The number of aliphatic carboxylic acids is 1. The van der Waals surface area contributed by atoms with E-state index in [2.05, 4.69) is 0 Å². The summed E-state index contributed by atoms with van der Waals surface area (Å²) in [7, 11) is 1.77. The Hall–Kier alpha value is -1.66. The minimum absolute atomic E-state index is 0.0540. The van der Waals surface area contributed by atoms with Crippen molar-refractivity contribution in [3.63, 3.8) is 0 Å². The highest BCUT2D eigenvalue weighted by molar-refractivity contribution is 7.11. The summed E-state index contributed by atoms with van der Waals surface area (Å²) in [6, 6.07) is 1.84. The van der Waals surface area contributed by atoms with Gasteiger partial charge in [-0.25, -0.2) is 4.79 Å². The van der Waals surface area contributed by atoms with E-state index in [-0.39, 0.29) is 11.9 Å². The van der Waals surface area contributed by atoms with Gasteiger partial charge in [0.05, 0.1) is 18.2 Å². The molecule has 1 unspecified atom stereocenters. The molecule has 0 saturated carbocycles. The molecule has 1 amide bonds. The van der Waals surface area contributed by atoms with Crippen LogP contribution in [-0.2, 0) is 9.53 Å². The summed E-state index contributed by atoms with van der Waals surface area (Å²) in [6.07, 6.45) is 3.41. The van der Waals surface area contributed by atoms with E-state index in [9.17, 15) is 9.59 Å². The first kappa shape index (κ1) is 13.8. The predicted molar refractivity (Wildman–Crippen MR) is 72.3 cm³/mol. The quantitative estimate of drug-likeness (QED) is 0.853. The summed E-state index contributed by atoms with van der Waals surface area (Å²) in [5.74, 6) is -1.05. The van der Waals surface area contributed by atoms with Crippen LogP contribution < -0.4 is 0 Å². The molecule has 6 heteroatoms. The van der Waals surface area contributed by atoms with E-state index in [1.165, 1.54) is 17.4 Å². The van der Waals surface area contributed by atoms with Gasteiger partial charge in [0.15, 0.2) is 0 Å². The third-order valence-corrected chi connectivity index (χ3v) is 3.93. The van der Waals surface area contributed by atoms with Crippen LogP contribution in [0.15, 0.2) is 17.5 Å². The van der Waals surface area contributed by atoms with E-state index in [0.29, 0.717) is 18.8 Å². The number of thiophene rings is 1. The fraction of sp³-hybridized carbons (Fsp3) is 0.385. The van der Waals surface area contributed by atoms with Crippen molar-refractivity contribution < 1.29 is 19.4 Å². The summed E-state index contributed by atoms with van der Waals surface area (Å²) in [4.78, 5) is 25.1. The molecule has 102 valence electrons. The van der Waals surface area contributed by atoms with Gasteiger partial charge in [-0.05, 0) is 18.6 Å². The molecule has 0 spiro atoms. The Morgan fingerprint density at radius 3 is 3.00 bits per heavy atom. The van der Waals surface area contributed by atoms with Crippen molar-refractivity contribution in [2.45, 2.75) is 12.5 Å². The van der Waals surface area contributed by atoms with Crippen LogP contribution in [-0.4, -0.2) is 48.2 Å². The van der Waals surface area contributed by atoms with Crippen molar-refractivity contribution in [3.05, 3.63) is 28.0 Å². The van der Waals surface area contributed by atoms with Crippen LogP contribution in [0.5, 0.6) is 0 Å². The molecule has 0 radical (unpaired) electrons. The van der Waals surface area contributed by atoms with E-state index >= 15 is 0 Å². The van der Waals surface area contributed by atoms with Gasteiger partial charge in [0.1, 0.15) is 0 Å². The molecule has 2 heterocycles. The first-order valence-electron chi connectivity index (χ1n) is 5.92. The van der Waals surface area contributed by atoms with Crippen molar-refractivity contribution in [3.8, 4) is 0 Å². The molecule has 1 saturated heterocycles. The predicted octanol–water partition coefficient (Wildman–Crippen LogP) is 1.71. The van der Waals surface area contributed by atoms with Crippen molar-refractivity contribution in [2.24, 2.45) is 0 Å². The molecule has 2 rings (SSSR count). The summed E-state index contributed by atoms with van der Waals surface area (Å²) < 4.78 is 5.27. The van der Waals surface area contributed by atoms with E-state index in [4.69, 9.17) is 9.84 Å². The zero-order chi connectivity index (χ0) is 13.8. The summed E-state index contributed by atoms with van der Waals surface area (Å²) >= 11 is 1.35. The van der Waals surface area contributed by atoms with Gasteiger partial charge in [0.2, 0.25) is 0 Å². The Kier molecular flexibility index (Phi) is 4.34. The lowest BCUT2D eigenvalue weighted by Gasteiger charge is -2.22. The van der Waals surface area contributed by atoms with E-state index in [0.717, 1.165) is 17.4 Å². The molecule has 1 aliphatic rings. The van der Waals surface area contributed by atoms with Crippen LogP contribution in [0.4, 0.5) is 0 Å². The average Bonchev–Trinajstić information content (AvgIpc) is 3.05. The molecule has 0 bridgehead atoms. The van der Waals surface area contributed by atoms with Gasteiger partial charge >= 0.3 is 5.97 Å². The molecule has 1 aliphatic heterocycles. The Balaban J connectivity index is 2.05. The number of amides is 1. The molecule has 1 atom stereocenters. The fourth-order valence-electron chi connectivity index (χ4n) is 1.90. The lowest BCUT2D eigenvalue weighted by atomic mass is 10.2. The number of likely N-dealkylation sites (N-methyl/N-ethyl adjacent to an activating group) is 1. The number of carbonyl (C=O) groups is 2. The van der Waals surface area contributed by atoms with Crippen LogP contribution in [0.1, 0.15) is 21.7 Å². The first-order valence-corrected chi connectivity index (χ1v) is 6.80. The van der Waals surface area contributed by atoms with Crippen LogP contribution in [0.3, 0.4) is 0 Å². The van der Waals surface area contributed by atoms with Gasteiger partial charge in [0, 0.05) is 30.0 Å². The summed E-state index contributed by atoms with van der Waals surface area (Å²) in [5, 5.41) is 10.3. The zero-order valence-electron chi connectivity index (χ0n) is 10.5. The fourth-order valence-corrected chi connectivity index (χ4v) is 2.68. The SMILES string of the molecule is CN(C(=O)c1csc(/C=C/C(=O)O)c1)C1CCOC1. The van der Waals surface area contributed by atoms with Gasteiger partial charge in [-0.3, -0.25) is 4.79 Å². The number of nitrogens with zero attached hydrogens (tertiary/aromatic N) is 1. The molecular formula is C13H15NO4S. The molecule has 1 N–H and O–H groups in total. The largest absolute Gasteiger partial charge is 0.478 e. The van der Waals surface area contributed by atoms with Crippen LogP contribution in [0.2, 0.25) is 0 Å². The standard InChI is InChI=1S/C13H15NO4S/c1-14(10-4-5-18-7-10)13(17)9-6-11(19-8-9)2-3-12(15)16/h2-3,6,8,10H,4-5,7H2,1H3,(H,15,16)/b3-2+. The molecule has 0 aliphatic carbocycles. The number of carboxylic acids is 1. The maximum absolute atomic E-state index is 12.2. The number of ether oxygens (including phenoxy) is 1. The summed E-state index contributed by atoms with van der Waals surface area (Å²) in [6.45, 7) is 1.27. The van der Waals surface area contributed by atoms with E-state index < -0.39 is 5.97 Å². The number of carbonyl (C=O) groups excluding carboxylic acids is 1. The van der Waals surface area contributed by atoms with E-state index in [1.54, 1.807) is 23.4 Å². The summed E-state index contributed by atoms with van der Waals surface area (Å²) in [5.41, 5.74) is 0.587. The highest BCUT2D eigenvalue weighted by Gasteiger charge is 2.25. The van der Waals surface area contributed by atoms with Crippen LogP contribution >= 0.6 is 11.3 Å². The number of hydrogen-bond acceptors (Lipinski definition) is 4. The van der Waals surface area contributed by atoms with Crippen molar-refractivity contribution >= 4 is 29.3 Å². The number of carboxylic acid groups (broad SMARTS) is 1. The lowest BCUT2D eigenvalue weighted by Crippen LogP contribution is -2.37. The normalized spacial score (nSPS) is 18.9. The third-order valence-electron chi connectivity index (χ3n) is 3.03. The second-order valence-electron chi connectivity index (χ2n) is 4.34. The minimum atomic E-state index is -0.999. The molecular weight excluding hydrogens is 266 g/mol. The molecule has 5 nitrogen and oxygen atoms in total.